The highest BCUT2D eigenvalue weighted by Gasteiger charge is 1.98. The summed E-state index contributed by atoms with van der Waals surface area (Å²) < 4.78 is 41.1. The lowest BCUT2D eigenvalue weighted by Gasteiger charge is -1.69. The second-order valence-corrected chi connectivity index (χ2v) is 0.984. The van der Waals surface area contributed by atoms with Gasteiger partial charge in [-0.3, -0.25) is 0 Å². The SMILES string of the molecule is C=CCl.FC(F)=C(F)F. The molecule has 0 amide bonds. The molecule has 0 spiro atoms. The van der Waals surface area contributed by atoms with E-state index in [1.807, 2.05) is 0 Å². The number of hydrogen-bond acceptors (Lipinski definition) is 0. The highest BCUT2D eigenvalue weighted by atomic mass is 35.5. The Morgan fingerprint density at radius 1 is 1.11 bits per heavy atom. The van der Waals surface area contributed by atoms with Crippen molar-refractivity contribution in [3.63, 3.8) is 0 Å². The van der Waals surface area contributed by atoms with E-state index in [2.05, 4.69) is 6.58 Å². The van der Waals surface area contributed by atoms with Crippen molar-refractivity contribution in [2.24, 2.45) is 0 Å². The molecule has 0 aromatic heterocycles. The van der Waals surface area contributed by atoms with Crippen LogP contribution in [-0.2, 0) is 0 Å². The second-order valence-electron chi connectivity index (χ2n) is 0.675. The summed E-state index contributed by atoms with van der Waals surface area (Å²) in [5.41, 5.74) is 1.22. The molecule has 0 aliphatic rings. The molecule has 0 saturated carbocycles. The molecule has 0 aromatic carbocycles. The van der Waals surface area contributed by atoms with Crippen LogP contribution in [0, 0.1) is 0 Å². The van der Waals surface area contributed by atoms with Gasteiger partial charge in [0, 0.05) is 0 Å². The molecule has 0 rings (SSSR count). The summed E-state index contributed by atoms with van der Waals surface area (Å²) in [5, 5.41) is 0. The molecule has 0 aliphatic carbocycles. The standard InChI is InChI=1S/C2H3Cl.C2F4/c1-2-3;3-1(4)2(5)6/h2H,1H2;. The number of halogens is 5. The van der Waals surface area contributed by atoms with Gasteiger partial charge >= 0.3 is 12.2 Å². The summed E-state index contributed by atoms with van der Waals surface area (Å²) >= 11 is 4.76. The predicted molar refractivity (Wildman–Crippen MR) is 27.5 cm³/mol. The van der Waals surface area contributed by atoms with Crippen molar-refractivity contribution >= 4 is 11.6 Å². The van der Waals surface area contributed by atoms with Crippen molar-refractivity contribution in [2.75, 3.05) is 0 Å². The molecule has 0 aromatic rings. The van der Waals surface area contributed by atoms with Crippen LogP contribution in [0.5, 0.6) is 0 Å². The molecule has 54 valence electrons. The molecule has 0 aliphatic heterocycles. The van der Waals surface area contributed by atoms with E-state index >= 15 is 0 Å². The monoisotopic (exact) mass is 162 g/mol. The third-order valence-corrected chi connectivity index (χ3v) is 0.143. The van der Waals surface area contributed by atoms with E-state index in [0.29, 0.717) is 0 Å². The van der Waals surface area contributed by atoms with Crippen molar-refractivity contribution in [2.45, 2.75) is 0 Å². The molecule has 0 radical (unpaired) electrons. The van der Waals surface area contributed by atoms with Crippen LogP contribution in [0.15, 0.2) is 24.3 Å². The lowest BCUT2D eigenvalue weighted by Crippen LogP contribution is -1.56. The van der Waals surface area contributed by atoms with E-state index in [1.54, 1.807) is 0 Å². The van der Waals surface area contributed by atoms with E-state index in [4.69, 9.17) is 11.6 Å². The average molecular weight is 163 g/mol. The maximum absolute atomic E-state index is 10.3. The van der Waals surface area contributed by atoms with Crippen LogP contribution in [-0.4, -0.2) is 0 Å². The molecule has 0 N–H and O–H groups in total. The zero-order valence-corrected chi connectivity index (χ0v) is 4.93. The third-order valence-electron chi connectivity index (χ3n) is 0.143. The van der Waals surface area contributed by atoms with E-state index in [-0.39, 0.29) is 0 Å². The van der Waals surface area contributed by atoms with Crippen molar-refractivity contribution in [3.8, 4) is 0 Å². The van der Waals surface area contributed by atoms with Gasteiger partial charge in [0.2, 0.25) is 0 Å². The molecule has 9 heavy (non-hydrogen) atoms. The van der Waals surface area contributed by atoms with Crippen molar-refractivity contribution in [1.82, 2.24) is 0 Å². The maximum atomic E-state index is 10.3. The van der Waals surface area contributed by atoms with E-state index in [9.17, 15) is 17.6 Å². The molecule has 0 fully saturated rings. The molecule has 0 atom stereocenters. The lowest BCUT2D eigenvalue weighted by atomic mass is 11.1. The Kier molecular flexibility index (Phi) is 9.41. The lowest BCUT2D eigenvalue weighted by molar-refractivity contribution is 0.308. The summed E-state index contributed by atoms with van der Waals surface area (Å²) in [4.78, 5) is 0. The Morgan fingerprint density at radius 2 is 1.22 bits per heavy atom. The molecule has 0 bridgehead atoms. The number of rotatable bonds is 0. The van der Waals surface area contributed by atoms with Gasteiger partial charge < -0.3 is 0 Å². The minimum Gasteiger partial charge on any atom is -0.167 e. The third kappa shape index (κ3) is 18.5. The van der Waals surface area contributed by atoms with Gasteiger partial charge in [0.25, 0.3) is 0 Å². The van der Waals surface area contributed by atoms with Gasteiger partial charge in [-0.1, -0.05) is 18.2 Å². The number of hydrogen-bond donors (Lipinski definition) is 0. The highest BCUT2D eigenvalue weighted by molar-refractivity contribution is 6.25. The summed E-state index contributed by atoms with van der Waals surface area (Å²) in [6.45, 7) is 3.13. The quantitative estimate of drug-likeness (QED) is 0.479. The van der Waals surface area contributed by atoms with E-state index < -0.39 is 12.2 Å². The summed E-state index contributed by atoms with van der Waals surface area (Å²) in [6, 6.07) is 0. The zero-order chi connectivity index (χ0) is 7.86. The fourth-order valence-corrected chi connectivity index (χ4v) is 0. The largest absolute Gasteiger partial charge is 0.334 e. The van der Waals surface area contributed by atoms with Gasteiger partial charge in [-0.15, -0.1) is 0 Å². The first-order chi connectivity index (χ1) is 4.06. The van der Waals surface area contributed by atoms with Gasteiger partial charge in [-0.2, -0.15) is 17.6 Å². The first kappa shape index (κ1) is 11.3. The first-order valence-electron chi connectivity index (χ1n) is 1.63. The van der Waals surface area contributed by atoms with Gasteiger partial charge in [0.05, 0.1) is 0 Å². The van der Waals surface area contributed by atoms with E-state index in [0.717, 1.165) is 0 Å². The second kappa shape index (κ2) is 7.49. The van der Waals surface area contributed by atoms with Crippen LogP contribution >= 0.6 is 11.6 Å². The Balaban J connectivity index is 0. The fraction of sp³-hybridized carbons (Fsp3) is 0. The molecule has 0 heterocycles. The minimum atomic E-state index is -2.91. The predicted octanol–water partition coefficient (Wildman–Crippen LogP) is 3.36. The van der Waals surface area contributed by atoms with Crippen LogP contribution in [0.1, 0.15) is 0 Å². The molecule has 0 nitrogen and oxygen atoms in total. The van der Waals surface area contributed by atoms with Crippen molar-refractivity contribution in [1.29, 1.82) is 0 Å². The smallest absolute Gasteiger partial charge is 0.167 e. The van der Waals surface area contributed by atoms with Gasteiger partial charge in [0.15, 0.2) is 0 Å². The fourth-order valence-electron chi connectivity index (χ4n) is 0. The topological polar surface area (TPSA) is 0 Å². The van der Waals surface area contributed by atoms with Crippen LogP contribution < -0.4 is 0 Å². The Hall–Kier alpha value is -0.510. The maximum Gasteiger partial charge on any atom is 0.334 e. The summed E-state index contributed by atoms with van der Waals surface area (Å²) in [7, 11) is 0. The first-order valence-corrected chi connectivity index (χ1v) is 2.07. The molecule has 0 unspecified atom stereocenters. The van der Waals surface area contributed by atoms with Gasteiger partial charge in [-0.25, -0.2) is 0 Å². The molecule has 5 heteroatoms. The zero-order valence-electron chi connectivity index (χ0n) is 4.17. The van der Waals surface area contributed by atoms with E-state index in [1.165, 1.54) is 5.54 Å². The minimum absolute atomic E-state index is 1.22. The van der Waals surface area contributed by atoms with Gasteiger partial charge in [0.1, 0.15) is 0 Å². The Bertz CT molecular complexity index is 91.1. The summed E-state index contributed by atoms with van der Waals surface area (Å²) in [5.74, 6) is 0. The normalized spacial score (nSPS) is 6.78. The van der Waals surface area contributed by atoms with Crippen LogP contribution in [0.2, 0.25) is 0 Å². The molecular weight excluding hydrogens is 159 g/mol. The van der Waals surface area contributed by atoms with Crippen LogP contribution in [0.4, 0.5) is 17.6 Å². The van der Waals surface area contributed by atoms with Gasteiger partial charge in [-0.05, 0) is 5.54 Å². The van der Waals surface area contributed by atoms with Crippen LogP contribution in [0.25, 0.3) is 0 Å². The van der Waals surface area contributed by atoms with Crippen molar-refractivity contribution in [3.05, 3.63) is 24.3 Å². The Morgan fingerprint density at radius 3 is 1.22 bits per heavy atom. The summed E-state index contributed by atoms with van der Waals surface area (Å²) in [6.07, 6.45) is -5.81. The van der Waals surface area contributed by atoms with Crippen molar-refractivity contribution < 1.29 is 17.6 Å². The molecular formula is C4H3ClF4. The Labute approximate surface area is 54.4 Å². The van der Waals surface area contributed by atoms with Crippen LogP contribution in [0.3, 0.4) is 0 Å². The average Bonchev–Trinajstić information content (AvgIpc) is 1.68. The highest BCUT2D eigenvalue weighted by Crippen LogP contribution is 2.08. The molecule has 0 saturated heterocycles.